The maximum atomic E-state index is 12.4. The molecule has 8 nitrogen and oxygen atoms in total. The van der Waals surface area contributed by atoms with E-state index < -0.39 is 6.04 Å². The number of nitrogens with zero attached hydrogens (tertiary/aromatic N) is 3. The quantitative estimate of drug-likeness (QED) is 0.647. The van der Waals surface area contributed by atoms with Crippen molar-refractivity contribution in [1.29, 1.82) is 0 Å². The molecule has 0 aliphatic carbocycles. The third kappa shape index (κ3) is 7.29. The van der Waals surface area contributed by atoms with Crippen LogP contribution in [-0.2, 0) is 14.3 Å². The van der Waals surface area contributed by atoms with Gasteiger partial charge in [-0.25, -0.2) is 0 Å². The zero-order valence-corrected chi connectivity index (χ0v) is 17.8. The molecule has 1 unspecified atom stereocenters. The van der Waals surface area contributed by atoms with Crippen LogP contribution in [-0.4, -0.2) is 73.4 Å². The Bertz CT molecular complexity index is 559. The molecule has 1 aromatic rings. The number of amides is 2. The third-order valence-corrected chi connectivity index (χ3v) is 4.81. The molecular formula is C17H31Cl2N5O3. The molecule has 2 amide bonds. The number of ether oxygens (including phenoxy) is 1. The van der Waals surface area contributed by atoms with E-state index >= 15 is 0 Å². The largest absolute Gasteiger partial charge is 0.384 e. The molecule has 1 aliphatic heterocycles. The lowest BCUT2D eigenvalue weighted by atomic mass is 9.79. The lowest BCUT2D eigenvalue weighted by molar-refractivity contribution is -0.137. The summed E-state index contributed by atoms with van der Waals surface area (Å²) in [6.45, 7) is 4.86. The summed E-state index contributed by atoms with van der Waals surface area (Å²) < 4.78 is 6.94. The number of piperidine rings is 1. The van der Waals surface area contributed by atoms with Gasteiger partial charge in [0.1, 0.15) is 6.04 Å². The lowest BCUT2D eigenvalue weighted by Gasteiger charge is -2.37. The number of carbonyl (C=O) groups is 2. The van der Waals surface area contributed by atoms with Crippen molar-refractivity contribution in [2.75, 3.05) is 46.9 Å². The number of nitrogens with one attached hydrogen (secondary N) is 2. The molecule has 0 radical (unpaired) electrons. The zero-order chi connectivity index (χ0) is 18.3. The molecule has 0 spiro atoms. The van der Waals surface area contributed by atoms with E-state index in [4.69, 9.17) is 4.74 Å². The summed E-state index contributed by atoms with van der Waals surface area (Å²) in [5.41, 5.74) is -0.0272. The number of halogens is 2. The average Bonchev–Trinajstić information content (AvgIpc) is 3.14. The highest BCUT2D eigenvalue weighted by molar-refractivity contribution is 5.86. The van der Waals surface area contributed by atoms with E-state index in [0.717, 1.165) is 25.9 Å². The van der Waals surface area contributed by atoms with E-state index in [9.17, 15) is 9.59 Å². The summed E-state index contributed by atoms with van der Waals surface area (Å²) in [6.07, 6.45) is 5.30. The van der Waals surface area contributed by atoms with Gasteiger partial charge in [-0.05, 0) is 38.9 Å². The Morgan fingerprint density at radius 2 is 2.04 bits per heavy atom. The van der Waals surface area contributed by atoms with Crippen LogP contribution in [0.3, 0.4) is 0 Å². The Balaban J connectivity index is 0.00000338. The Labute approximate surface area is 173 Å². The van der Waals surface area contributed by atoms with Gasteiger partial charge in [0.15, 0.2) is 0 Å². The molecule has 1 fully saturated rings. The molecule has 1 atom stereocenters. The van der Waals surface area contributed by atoms with E-state index in [1.165, 1.54) is 4.90 Å². The number of carbonyl (C=O) groups excluding carboxylic acids is 2. The van der Waals surface area contributed by atoms with Crippen LogP contribution in [0.25, 0.3) is 0 Å². The van der Waals surface area contributed by atoms with Gasteiger partial charge in [0, 0.05) is 38.5 Å². The van der Waals surface area contributed by atoms with E-state index in [1.807, 2.05) is 0 Å². The first-order valence-corrected chi connectivity index (χ1v) is 8.68. The van der Waals surface area contributed by atoms with Crippen LogP contribution in [0.5, 0.6) is 0 Å². The number of aromatic nitrogens is 2. The highest BCUT2D eigenvalue weighted by Gasteiger charge is 2.32. The molecule has 1 saturated heterocycles. The van der Waals surface area contributed by atoms with Crippen molar-refractivity contribution in [1.82, 2.24) is 25.3 Å². The maximum absolute atomic E-state index is 12.4. The maximum Gasteiger partial charge on any atom is 0.247 e. The molecule has 1 aliphatic rings. The fourth-order valence-corrected chi connectivity index (χ4v) is 3.21. The summed E-state index contributed by atoms with van der Waals surface area (Å²) in [7, 11) is 3.33. The Hall–Kier alpha value is -1.35. The Morgan fingerprint density at radius 3 is 2.59 bits per heavy atom. The van der Waals surface area contributed by atoms with Crippen molar-refractivity contribution < 1.29 is 14.3 Å². The fourth-order valence-electron chi connectivity index (χ4n) is 3.21. The molecule has 2 N–H and O–H groups in total. The van der Waals surface area contributed by atoms with Crippen molar-refractivity contribution >= 4 is 36.6 Å². The van der Waals surface area contributed by atoms with Gasteiger partial charge in [0.05, 0.1) is 13.2 Å². The number of likely N-dealkylation sites (N-methyl/N-ethyl adjacent to an activating group) is 1. The number of methoxy groups -OCH3 is 1. The summed E-state index contributed by atoms with van der Waals surface area (Å²) in [5.74, 6) is -0.301. The molecule has 156 valence electrons. The van der Waals surface area contributed by atoms with Gasteiger partial charge in [-0.2, -0.15) is 5.10 Å². The third-order valence-electron chi connectivity index (χ3n) is 4.81. The van der Waals surface area contributed by atoms with Crippen LogP contribution in [0, 0.1) is 5.41 Å². The van der Waals surface area contributed by atoms with Gasteiger partial charge >= 0.3 is 0 Å². The van der Waals surface area contributed by atoms with Crippen LogP contribution in [0.2, 0.25) is 0 Å². The summed E-state index contributed by atoms with van der Waals surface area (Å²) in [4.78, 5) is 26.1. The van der Waals surface area contributed by atoms with Crippen molar-refractivity contribution in [3.63, 3.8) is 0 Å². The predicted octanol–water partition coefficient (Wildman–Crippen LogP) is 0.879. The molecule has 2 heterocycles. The minimum absolute atomic E-state index is 0. The van der Waals surface area contributed by atoms with Crippen molar-refractivity contribution in [2.24, 2.45) is 5.41 Å². The van der Waals surface area contributed by atoms with Gasteiger partial charge in [0.2, 0.25) is 11.8 Å². The zero-order valence-electron chi connectivity index (χ0n) is 16.1. The topological polar surface area (TPSA) is 88.5 Å². The molecular weight excluding hydrogens is 393 g/mol. The standard InChI is InChI=1S/C17H29N5O3.2ClH/c1-14(22-10-4-7-20-22)16(24)21(2)11-15(23)19-12-17(13-25-3)5-8-18-9-6-17;;/h4,7,10,14,18H,5-6,8-9,11-13H2,1-3H3,(H,19,23);2*1H. The second-order valence-corrected chi connectivity index (χ2v) is 6.82. The van der Waals surface area contributed by atoms with Gasteiger partial charge in [-0.15, -0.1) is 24.8 Å². The predicted molar refractivity (Wildman–Crippen MR) is 108 cm³/mol. The van der Waals surface area contributed by atoms with Gasteiger partial charge in [0.25, 0.3) is 0 Å². The van der Waals surface area contributed by atoms with E-state index in [0.29, 0.717) is 13.2 Å². The van der Waals surface area contributed by atoms with Crippen LogP contribution in [0.4, 0.5) is 0 Å². The molecule has 0 saturated carbocycles. The monoisotopic (exact) mass is 423 g/mol. The molecule has 0 aromatic carbocycles. The minimum Gasteiger partial charge on any atom is -0.384 e. The molecule has 0 bridgehead atoms. The van der Waals surface area contributed by atoms with Gasteiger partial charge < -0.3 is 20.3 Å². The minimum atomic E-state index is -0.433. The van der Waals surface area contributed by atoms with Crippen LogP contribution < -0.4 is 10.6 Å². The molecule has 27 heavy (non-hydrogen) atoms. The smallest absolute Gasteiger partial charge is 0.247 e. The van der Waals surface area contributed by atoms with Gasteiger partial charge in [-0.3, -0.25) is 14.3 Å². The average molecular weight is 424 g/mol. The first-order chi connectivity index (χ1) is 12.0. The number of hydrogen-bond donors (Lipinski definition) is 2. The Morgan fingerprint density at radius 1 is 1.37 bits per heavy atom. The summed E-state index contributed by atoms with van der Waals surface area (Å²) in [6, 6.07) is 1.34. The van der Waals surface area contributed by atoms with E-state index in [2.05, 4.69) is 15.7 Å². The number of rotatable bonds is 8. The second kappa shape index (κ2) is 12.2. The van der Waals surface area contributed by atoms with E-state index in [-0.39, 0.29) is 48.6 Å². The normalized spacial score (nSPS) is 16.4. The number of hydrogen-bond acceptors (Lipinski definition) is 5. The lowest BCUT2D eigenvalue weighted by Crippen LogP contribution is -2.49. The second-order valence-electron chi connectivity index (χ2n) is 6.82. The van der Waals surface area contributed by atoms with Crippen LogP contribution >= 0.6 is 24.8 Å². The van der Waals surface area contributed by atoms with Gasteiger partial charge in [-0.1, -0.05) is 0 Å². The van der Waals surface area contributed by atoms with Crippen molar-refractivity contribution in [2.45, 2.75) is 25.8 Å². The highest BCUT2D eigenvalue weighted by atomic mass is 35.5. The van der Waals surface area contributed by atoms with Crippen LogP contribution in [0.15, 0.2) is 18.5 Å². The van der Waals surface area contributed by atoms with E-state index in [1.54, 1.807) is 44.2 Å². The highest BCUT2D eigenvalue weighted by Crippen LogP contribution is 2.28. The summed E-state index contributed by atoms with van der Waals surface area (Å²) >= 11 is 0. The van der Waals surface area contributed by atoms with Crippen molar-refractivity contribution in [3.8, 4) is 0 Å². The SMILES string of the molecule is COCC1(CNC(=O)CN(C)C(=O)C(C)n2cccn2)CCNCC1.Cl.Cl. The molecule has 10 heteroatoms. The fraction of sp³-hybridized carbons (Fsp3) is 0.706. The molecule has 2 rings (SSSR count). The first kappa shape index (κ1) is 25.6. The summed E-state index contributed by atoms with van der Waals surface area (Å²) in [5, 5.41) is 10.4. The Kier molecular flexibility index (Phi) is 11.6. The van der Waals surface area contributed by atoms with Crippen LogP contribution in [0.1, 0.15) is 25.8 Å². The molecule has 1 aromatic heterocycles. The van der Waals surface area contributed by atoms with Crippen molar-refractivity contribution in [3.05, 3.63) is 18.5 Å². The first-order valence-electron chi connectivity index (χ1n) is 8.68.